The fourth-order valence-corrected chi connectivity index (χ4v) is 5.43. The fourth-order valence-electron chi connectivity index (χ4n) is 3.75. The summed E-state index contributed by atoms with van der Waals surface area (Å²) >= 11 is 10.3. The average molecular weight is 532 g/mol. The van der Waals surface area contributed by atoms with Crippen LogP contribution in [0, 0.1) is 0 Å². The highest BCUT2D eigenvalue weighted by molar-refractivity contribution is 9.10. The van der Waals surface area contributed by atoms with Crippen molar-refractivity contribution in [2.75, 3.05) is 4.90 Å². The number of amides is 1. The van der Waals surface area contributed by atoms with Crippen LogP contribution in [-0.4, -0.2) is 10.2 Å². The molecule has 0 aromatic heterocycles. The van der Waals surface area contributed by atoms with E-state index in [9.17, 15) is 4.79 Å². The predicted octanol–water partition coefficient (Wildman–Crippen LogP) is 7.59. The highest BCUT2D eigenvalue weighted by Gasteiger charge is 2.33. The van der Waals surface area contributed by atoms with Gasteiger partial charge in [-0.05, 0) is 46.7 Å². The molecule has 4 aromatic rings. The Morgan fingerprint density at radius 2 is 1.70 bits per heavy atom. The van der Waals surface area contributed by atoms with Crippen molar-refractivity contribution in [2.45, 2.75) is 6.61 Å². The van der Waals surface area contributed by atoms with Crippen molar-refractivity contribution in [3.8, 4) is 5.75 Å². The van der Waals surface area contributed by atoms with E-state index < -0.39 is 0 Å². The van der Waals surface area contributed by atoms with Crippen molar-refractivity contribution in [3.05, 3.63) is 112 Å². The summed E-state index contributed by atoms with van der Waals surface area (Å²) in [4.78, 5) is 15.3. The number of hydrogen-bond donors (Lipinski definition) is 0. The van der Waals surface area contributed by atoms with Gasteiger partial charge in [0.1, 0.15) is 12.4 Å². The first-order valence-corrected chi connectivity index (χ1v) is 12.3. The molecule has 0 radical (unpaired) electrons. The van der Waals surface area contributed by atoms with Gasteiger partial charge in [0.25, 0.3) is 5.91 Å². The summed E-state index contributed by atoms with van der Waals surface area (Å²) in [7, 11) is 0. The zero-order valence-corrected chi connectivity index (χ0v) is 20.6. The third-order valence-electron chi connectivity index (χ3n) is 5.33. The third-order valence-corrected chi connectivity index (χ3v) is 7.12. The fraction of sp³-hybridized carbons (Fsp3) is 0.0370. The van der Waals surface area contributed by atoms with Crippen LogP contribution in [-0.2, 0) is 11.4 Å². The molecule has 6 heteroatoms. The van der Waals surface area contributed by atoms with Crippen LogP contribution >= 0.6 is 39.9 Å². The summed E-state index contributed by atoms with van der Waals surface area (Å²) in [5.74, 6) is 0.588. The number of rotatable bonds is 5. The second-order valence-electron chi connectivity index (χ2n) is 7.46. The first kappa shape index (κ1) is 21.9. The van der Waals surface area contributed by atoms with E-state index in [2.05, 4.69) is 40.2 Å². The topological polar surface area (TPSA) is 29.5 Å². The second-order valence-corrected chi connectivity index (χ2v) is 10.1. The van der Waals surface area contributed by atoms with E-state index in [-0.39, 0.29) is 5.91 Å². The number of anilines is 1. The molecule has 1 fully saturated rings. The normalized spacial score (nSPS) is 14.9. The molecule has 0 unspecified atom stereocenters. The molecule has 4 aromatic carbocycles. The molecule has 1 aliphatic rings. The molecule has 1 saturated heterocycles. The lowest BCUT2D eigenvalue weighted by Gasteiger charge is -2.14. The Balaban J connectivity index is 1.41. The molecule has 0 atom stereocenters. The minimum Gasteiger partial charge on any atom is -0.488 e. The van der Waals surface area contributed by atoms with Gasteiger partial charge < -0.3 is 4.74 Å². The van der Waals surface area contributed by atoms with Gasteiger partial charge in [-0.25, -0.2) is 0 Å². The molecule has 1 aliphatic heterocycles. The second kappa shape index (κ2) is 9.51. The van der Waals surface area contributed by atoms with E-state index in [1.807, 2.05) is 72.8 Å². The van der Waals surface area contributed by atoms with Crippen molar-refractivity contribution < 1.29 is 9.53 Å². The number of ether oxygens (including phenoxy) is 1. The maximum absolute atomic E-state index is 13.2. The van der Waals surface area contributed by atoms with Crippen LogP contribution in [0.4, 0.5) is 5.69 Å². The summed E-state index contributed by atoms with van der Waals surface area (Å²) in [6.45, 7) is 0.436. The zero-order valence-electron chi connectivity index (χ0n) is 17.4. The van der Waals surface area contributed by atoms with Gasteiger partial charge in [-0.3, -0.25) is 9.69 Å². The first-order chi connectivity index (χ1) is 16.1. The molecule has 0 N–H and O–H groups in total. The van der Waals surface area contributed by atoms with Crippen molar-refractivity contribution in [1.82, 2.24) is 0 Å². The van der Waals surface area contributed by atoms with Crippen LogP contribution < -0.4 is 9.64 Å². The number of thioether (sulfide) groups is 1. The van der Waals surface area contributed by atoms with Crippen LogP contribution in [0.15, 0.2) is 100 Å². The number of hydrogen-bond acceptors (Lipinski definition) is 4. The summed E-state index contributed by atoms with van der Waals surface area (Å²) in [6, 6.07) is 29.8. The number of nitrogens with zero attached hydrogens (tertiary/aromatic N) is 1. The van der Waals surface area contributed by atoms with Crippen LogP contribution in [0.3, 0.4) is 0 Å². The van der Waals surface area contributed by atoms with Crippen LogP contribution in [0.5, 0.6) is 5.75 Å². The maximum Gasteiger partial charge on any atom is 0.270 e. The van der Waals surface area contributed by atoms with Crippen LogP contribution in [0.1, 0.15) is 11.1 Å². The number of carbonyl (C=O) groups is 1. The number of carbonyl (C=O) groups excluding carboxylic acids is 1. The van der Waals surface area contributed by atoms with Crippen LogP contribution in [0.2, 0.25) is 0 Å². The number of halogens is 1. The average Bonchev–Trinajstić information content (AvgIpc) is 3.11. The standard InChI is InChI=1S/C27H18BrNO2S2/c28-21-11-6-12-22(16-21)29-26(30)25(33-27(29)32)15-19-8-2-4-14-24(19)31-17-20-10-5-9-18-7-1-3-13-23(18)20/h1-16H,17H2/b25-15+. The van der Waals surface area contributed by atoms with Gasteiger partial charge >= 0.3 is 0 Å². The molecule has 33 heavy (non-hydrogen) atoms. The van der Waals surface area contributed by atoms with Gasteiger partial charge in [0.15, 0.2) is 4.32 Å². The van der Waals surface area contributed by atoms with E-state index in [1.54, 1.807) is 4.90 Å². The molecular weight excluding hydrogens is 514 g/mol. The Kier molecular flexibility index (Phi) is 6.31. The van der Waals surface area contributed by atoms with Gasteiger partial charge in [-0.1, -0.05) is 107 Å². The SMILES string of the molecule is O=C1/C(=C\c2ccccc2OCc2cccc3ccccc23)SC(=S)N1c1cccc(Br)c1. The zero-order chi connectivity index (χ0) is 22.8. The molecule has 162 valence electrons. The Morgan fingerprint density at radius 3 is 2.58 bits per heavy atom. The Hall–Kier alpha value is -2.93. The number of thiocarbonyl (C=S) groups is 1. The lowest BCUT2D eigenvalue weighted by molar-refractivity contribution is -0.113. The highest BCUT2D eigenvalue weighted by atomic mass is 79.9. The van der Waals surface area contributed by atoms with E-state index in [0.717, 1.165) is 27.0 Å². The maximum atomic E-state index is 13.2. The Morgan fingerprint density at radius 1 is 0.939 bits per heavy atom. The summed E-state index contributed by atoms with van der Waals surface area (Å²) in [5, 5.41) is 2.36. The summed E-state index contributed by atoms with van der Waals surface area (Å²) < 4.78 is 7.62. The van der Waals surface area contributed by atoms with Gasteiger partial charge in [-0.15, -0.1) is 0 Å². The van der Waals surface area contributed by atoms with Crippen molar-refractivity contribution in [2.24, 2.45) is 0 Å². The van der Waals surface area contributed by atoms with Crippen molar-refractivity contribution >= 4 is 72.7 Å². The molecular formula is C27H18BrNO2S2. The molecule has 0 saturated carbocycles. The van der Waals surface area contributed by atoms with Gasteiger partial charge in [0.2, 0.25) is 0 Å². The molecule has 5 rings (SSSR count). The quantitative estimate of drug-likeness (QED) is 0.196. The highest BCUT2D eigenvalue weighted by Crippen LogP contribution is 2.38. The van der Waals surface area contributed by atoms with Gasteiger partial charge in [0.05, 0.1) is 10.6 Å². The molecule has 3 nitrogen and oxygen atoms in total. The first-order valence-electron chi connectivity index (χ1n) is 10.3. The minimum atomic E-state index is -0.132. The number of benzene rings is 4. The third kappa shape index (κ3) is 4.60. The molecule has 1 heterocycles. The summed E-state index contributed by atoms with van der Waals surface area (Å²) in [5.41, 5.74) is 2.70. The monoisotopic (exact) mass is 531 g/mol. The number of para-hydroxylation sites is 1. The smallest absolute Gasteiger partial charge is 0.270 e. The van der Waals surface area contributed by atoms with E-state index in [1.165, 1.54) is 22.5 Å². The largest absolute Gasteiger partial charge is 0.488 e. The molecule has 0 bridgehead atoms. The van der Waals surface area contributed by atoms with Gasteiger partial charge in [-0.2, -0.15) is 0 Å². The van der Waals surface area contributed by atoms with Gasteiger partial charge in [0, 0.05) is 10.0 Å². The van der Waals surface area contributed by atoms with Crippen molar-refractivity contribution in [1.29, 1.82) is 0 Å². The number of fused-ring (bicyclic) bond motifs is 1. The molecule has 1 amide bonds. The lowest BCUT2D eigenvalue weighted by Crippen LogP contribution is -2.27. The Bertz CT molecular complexity index is 1410. The van der Waals surface area contributed by atoms with E-state index >= 15 is 0 Å². The lowest BCUT2D eigenvalue weighted by atomic mass is 10.1. The van der Waals surface area contributed by atoms with E-state index in [4.69, 9.17) is 17.0 Å². The van der Waals surface area contributed by atoms with E-state index in [0.29, 0.717) is 15.8 Å². The van der Waals surface area contributed by atoms with Crippen molar-refractivity contribution in [3.63, 3.8) is 0 Å². The predicted molar refractivity (Wildman–Crippen MR) is 145 cm³/mol. The molecule has 0 spiro atoms. The van der Waals surface area contributed by atoms with Crippen LogP contribution in [0.25, 0.3) is 16.8 Å². The summed E-state index contributed by atoms with van der Waals surface area (Å²) in [6.07, 6.45) is 1.86. The molecule has 0 aliphatic carbocycles. The Labute approximate surface area is 210 Å². The minimum absolute atomic E-state index is 0.132.